The van der Waals surface area contributed by atoms with Crippen LogP contribution in [0.15, 0.2) is 60.7 Å². The second-order valence-corrected chi connectivity index (χ2v) is 9.12. The van der Waals surface area contributed by atoms with Crippen LogP contribution in [-0.4, -0.2) is 24.4 Å². The Labute approximate surface area is 182 Å². The molecule has 168 valence electrons. The first kappa shape index (κ1) is 24.6. The molecule has 0 spiro atoms. The molecule has 0 heterocycles. The third-order valence-electron chi connectivity index (χ3n) is 4.35. The van der Waals surface area contributed by atoms with E-state index in [1.807, 2.05) is 55.5 Å². The van der Waals surface area contributed by atoms with E-state index in [9.17, 15) is 14.2 Å². The van der Waals surface area contributed by atoms with E-state index in [1.54, 1.807) is 12.1 Å². The summed E-state index contributed by atoms with van der Waals surface area (Å²) in [5.41, 5.74) is 6.75. The quantitative estimate of drug-likeness (QED) is 0.440. The van der Waals surface area contributed by atoms with Crippen LogP contribution in [0.2, 0.25) is 0 Å². The number of hydrogen-bond donors (Lipinski definition) is 2. The van der Waals surface area contributed by atoms with Gasteiger partial charge >= 0.3 is 13.7 Å². The molecule has 2 amide bonds. The summed E-state index contributed by atoms with van der Waals surface area (Å²) in [5, 5.41) is 2.60. The zero-order valence-corrected chi connectivity index (χ0v) is 18.5. The number of benzene rings is 2. The minimum atomic E-state index is -3.94. The van der Waals surface area contributed by atoms with Crippen molar-refractivity contribution >= 4 is 19.6 Å². The first-order valence-electron chi connectivity index (χ1n) is 10.1. The minimum absolute atomic E-state index is 0.0136. The molecule has 2 aromatic rings. The molecule has 0 aliphatic carbocycles. The number of amides is 2. The molecule has 0 aliphatic rings. The molecule has 2 atom stereocenters. The van der Waals surface area contributed by atoms with Crippen molar-refractivity contribution in [1.82, 2.24) is 5.32 Å². The molecule has 0 radical (unpaired) electrons. The molecule has 2 aromatic carbocycles. The predicted molar refractivity (Wildman–Crippen MR) is 117 cm³/mol. The van der Waals surface area contributed by atoms with E-state index in [2.05, 4.69) is 5.32 Å². The average molecular weight is 448 g/mol. The maximum Gasteiger partial charge on any atom is 0.408 e. The summed E-state index contributed by atoms with van der Waals surface area (Å²) in [4.78, 5) is 23.6. The van der Waals surface area contributed by atoms with Gasteiger partial charge in [0.25, 0.3) is 0 Å². The summed E-state index contributed by atoms with van der Waals surface area (Å²) in [5.74, 6) is -1.77. The van der Waals surface area contributed by atoms with E-state index in [0.29, 0.717) is 12.8 Å². The van der Waals surface area contributed by atoms with E-state index < -0.39 is 32.0 Å². The molecule has 0 saturated carbocycles. The van der Waals surface area contributed by atoms with Crippen LogP contribution >= 0.6 is 7.60 Å². The van der Waals surface area contributed by atoms with Crippen LogP contribution in [0.5, 0.6) is 0 Å². The van der Waals surface area contributed by atoms with Crippen LogP contribution in [0.25, 0.3) is 0 Å². The highest BCUT2D eigenvalue weighted by Crippen LogP contribution is 2.54. The minimum Gasteiger partial charge on any atom is -0.445 e. The third-order valence-corrected chi connectivity index (χ3v) is 6.48. The topological polar surface area (TPSA) is 117 Å². The van der Waals surface area contributed by atoms with Crippen molar-refractivity contribution in [3.8, 4) is 0 Å². The lowest BCUT2D eigenvalue weighted by atomic mass is 10.2. The highest BCUT2D eigenvalue weighted by molar-refractivity contribution is 7.54. The van der Waals surface area contributed by atoms with Gasteiger partial charge in [-0.1, -0.05) is 80.4 Å². The van der Waals surface area contributed by atoms with E-state index in [4.69, 9.17) is 19.5 Å². The number of nitrogens with two attached hydrogens (primary N) is 1. The van der Waals surface area contributed by atoms with Crippen molar-refractivity contribution in [2.24, 2.45) is 5.73 Å². The van der Waals surface area contributed by atoms with Gasteiger partial charge in [0.05, 0.1) is 6.61 Å². The zero-order valence-electron chi connectivity index (χ0n) is 17.6. The molecule has 2 rings (SSSR count). The summed E-state index contributed by atoms with van der Waals surface area (Å²) in [6.07, 6.45) is 1.02. The molecule has 31 heavy (non-hydrogen) atoms. The highest BCUT2D eigenvalue weighted by Gasteiger charge is 2.38. The van der Waals surface area contributed by atoms with Crippen LogP contribution < -0.4 is 11.1 Å². The average Bonchev–Trinajstić information content (AvgIpc) is 2.79. The maximum atomic E-state index is 13.6. The Hall–Kier alpha value is -2.67. The molecule has 2 unspecified atom stereocenters. The molecule has 0 aliphatic heterocycles. The number of nitrogens with one attached hydrogen (secondary N) is 1. The Bertz CT molecular complexity index is 863. The smallest absolute Gasteiger partial charge is 0.408 e. The largest absolute Gasteiger partial charge is 0.445 e. The lowest BCUT2D eigenvalue weighted by molar-refractivity contribution is -0.120. The zero-order chi connectivity index (χ0) is 22.5. The number of hydrogen-bond acceptors (Lipinski definition) is 6. The number of alkyl carbamates (subject to hydrolysis) is 1. The lowest BCUT2D eigenvalue weighted by Gasteiger charge is -2.27. The molecular weight excluding hydrogens is 419 g/mol. The number of ether oxygens (including phenoxy) is 1. The monoisotopic (exact) mass is 448 g/mol. The van der Waals surface area contributed by atoms with Gasteiger partial charge < -0.3 is 20.3 Å². The maximum absolute atomic E-state index is 13.6. The Morgan fingerprint density at radius 3 is 2.10 bits per heavy atom. The van der Waals surface area contributed by atoms with Gasteiger partial charge in [-0.25, -0.2) is 4.79 Å². The number of rotatable bonds is 13. The summed E-state index contributed by atoms with van der Waals surface area (Å²) in [7, 11) is -3.94. The van der Waals surface area contributed by atoms with Crippen LogP contribution in [0.1, 0.15) is 37.3 Å². The summed E-state index contributed by atoms with van der Waals surface area (Å²) in [6, 6.07) is 18.3. The van der Waals surface area contributed by atoms with Crippen molar-refractivity contribution in [2.75, 3.05) is 6.61 Å². The molecule has 0 bridgehead atoms. The van der Waals surface area contributed by atoms with Gasteiger partial charge in [0, 0.05) is 0 Å². The molecule has 0 saturated heterocycles. The van der Waals surface area contributed by atoms with Crippen LogP contribution in [0, 0.1) is 0 Å². The van der Waals surface area contributed by atoms with Gasteiger partial charge in [-0.3, -0.25) is 13.9 Å². The van der Waals surface area contributed by atoms with E-state index in [0.717, 1.165) is 17.5 Å². The second-order valence-electron chi connectivity index (χ2n) is 6.90. The number of unbranched alkanes of at least 4 members (excludes halogenated alkanes) is 1. The summed E-state index contributed by atoms with van der Waals surface area (Å²) < 4.78 is 29.8. The van der Waals surface area contributed by atoms with Gasteiger partial charge in [-0.15, -0.1) is 0 Å². The van der Waals surface area contributed by atoms with Gasteiger partial charge in [0.2, 0.25) is 5.91 Å². The number of carbonyl (C=O) groups is 2. The molecular formula is C22H29N2O6P. The Morgan fingerprint density at radius 2 is 1.55 bits per heavy atom. The molecule has 9 heteroatoms. The summed E-state index contributed by atoms with van der Waals surface area (Å²) in [6.45, 7) is 1.42. The lowest BCUT2D eigenvalue weighted by Crippen LogP contribution is -2.37. The van der Waals surface area contributed by atoms with Gasteiger partial charge in [0.15, 0.2) is 0 Å². The van der Waals surface area contributed by atoms with Gasteiger partial charge in [0.1, 0.15) is 19.0 Å². The fourth-order valence-electron chi connectivity index (χ4n) is 2.72. The van der Waals surface area contributed by atoms with E-state index >= 15 is 0 Å². The fraction of sp³-hybridized carbons (Fsp3) is 0.364. The third kappa shape index (κ3) is 8.92. The first-order chi connectivity index (χ1) is 14.9. The normalized spacial score (nSPS) is 13.7. The Kier molecular flexibility index (Phi) is 10.2. The van der Waals surface area contributed by atoms with Crippen LogP contribution in [-0.2, 0) is 36.4 Å². The Balaban J connectivity index is 2.10. The van der Waals surface area contributed by atoms with Crippen LogP contribution in [0.4, 0.5) is 4.79 Å². The molecule has 0 aromatic heterocycles. The second kappa shape index (κ2) is 12.9. The van der Waals surface area contributed by atoms with Crippen molar-refractivity contribution in [2.45, 2.75) is 45.2 Å². The van der Waals surface area contributed by atoms with Crippen molar-refractivity contribution in [1.29, 1.82) is 0 Å². The van der Waals surface area contributed by atoms with Gasteiger partial charge in [-0.2, -0.15) is 0 Å². The van der Waals surface area contributed by atoms with E-state index in [1.165, 1.54) is 0 Å². The molecule has 0 fully saturated rings. The van der Waals surface area contributed by atoms with Crippen molar-refractivity contribution < 1.29 is 27.9 Å². The van der Waals surface area contributed by atoms with E-state index in [-0.39, 0.29) is 13.2 Å². The predicted octanol–water partition coefficient (Wildman–Crippen LogP) is 4.34. The molecule has 8 nitrogen and oxygen atoms in total. The first-order valence-corrected chi connectivity index (χ1v) is 11.7. The van der Waals surface area contributed by atoms with Crippen LogP contribution in [0.3, 0.4) is 0 Å². The highest BCUT2D eigenvalue weighted by atomic mass is 31.2. The Morgan fingerprint density at radius 1 is 0.968 bits per heavy atom. The number of primary amides is 1. The van der Waals surface area contributed by atoms with Crippen molar-refractivity contribution in [3.05, 3.63) is 71.8 Å². The standard InChI is InChI=1S/C22H29N2O6P/c1-2-3-14-21(24-22(26)28-15-18-10-6-4-7-11-18)31(27,30-17-20(23)25)29-16-19-12-8-5-9-13-19/h4-13,21H,2-3,14-17H2,1H3,(H2,23,25)(H,24,26). The summed E-state index contributed by atoms with van der Waals surface area (Å²) >= 11 is 0. The SMILES string of the molecule is CCCCC(NC(=O)OCc1ccccc1)P(=O)(OCC(N)=O)OCc1ccccc1. The van der Waals surface area contributed by atoms with Gasteiger partial charge in [-0.05, 0) is 17.5 Å². The molecule has 3 N–H and O–H groups in total. The fourth-order valence-corrected chi connectivity index (χ4v) is 4.55. The van der Waals surface area contributed by atoms with Crippen molar-refractivity contribution in [3.63, 3.8) is 0 Å². The number of carbonyl (C=O) groups excluding carboxylic acids is 2.